The zero-order chi connectivity index (χ0) is 17.0. The van der Waals surface area contributed by atoms with Crippen LogP contribution in [0.1, 0.15) is 40.5 Å². The molecule has 0 aromatic carbocycles. The van der Waals surface area contributed by atoms with Crippen LogP contribution in [0, 0.1) is 5.92 Å². The van der Waals surface area contributed by atoms with E-state index in [9.17, 15) is 8.42 Å². The minimum absolute atomic E-state index is 0.176. The van der Waals surface area contributed by atoms with Crippen LogP contribution < -0.4 is 10.6 Å². The zero-order valence-corrected chi connectivity index (χ0v) is 15.5. The molecule has 0 heterocycles. The van der Waals surface area contributed by atoms with Crippen molar-refractivity contribution in [2.24, 2.45) is 10.9 Å². The van der Waals surface area contributed by atoms with Gasteiger partial charge in [0.15, 0.2) is 5.96 Å². The van der Waals surface area contributed by atoms with Gasteiger partial charge in [-0.2, -0.15) is 0 Å². The molecule has 0 aliphatic rings. The first kappa shape index (κ1) is 21.2. The third-order valence-corrected chi connectivity index (χ3v) is 4.16. The fraction of sp³-hybridized carbons (Fsp3) is 0.933. The van der Waals surface area contributed by atoms with Gasteiger partial charge in [-0.15, -0.1) is 0 Å². The average Bonchev–Trinajstić information content (AvgIpc) is 2.41. The second kappa shape index (κ2) is 11.7. The first-order chi connectivity index (χ1) is 10.3. The van der Waals surface area contributed by atoms with Crippen LogP contribution >= 0.6 is 0 Å². The van der Waals surface area contributed by atoms with Crippen molar-refractivity contribution < 1.29 is 13.2 Å². The van der Waals surface area contributed by atoms with Crippen LogP contribution in [0.2, 0.25) is 0 Å². The van der Waals surface area contributed by atoms with E-state index in [1.54, 1.807) is 0 Å². The largest absolute Gasteiger partial charge is 0.378 e. The number of aliphatic imine (C=N–C) groups is 1. The number of guanidine groups is 1. The van der Waals surface area contributed by atoms with Gasteiger partial charge < -0.3 is 15.4 Å². The first-order valence-corrected chi connectivity index (χ1v) is 10.2. The Kier molecular flexibility index (Phi) is 11.3. The molecule has 1 atom stereocenters. The van der Waals surface area contributed by atoms with Gasteiger partial charge in [0.05, 0.1) is 11.9 Å². The van der Waals surface area contributed by atoms with E-state index in [1.807, 2.05) is 13.8 Å². The minimum Gasteiger partial charge on any atom is -0.378 e. The van der Waals surface area contributed by atoms with E-state index in [-0.39, 0.29) is 11.9 Å². The molecule has 0 aromatic rings. The molecule has 0 aliphatic heterocycles. The van der Waals surface area contributed by atoms with Gasteiger partial charge in [-0.3, -0.25) is 4.99 Å². The van der Waals surface area contributed by atoms with E-state index in [0.29, 0.717) is 18.9 Å². The van der Waals surface area contributed by atoms with Gasteiger partial charge in [0.1, 0.15) is 9.84 Å². The van der Waals surface area contributed by atoms with Crippen molar-refractivity contribution >= 4 is 15.8 Å². The number of ether oxygens (including phenoxy) is 1. The number of rotatable bonds is 11. The quantitative estimate of drug-likeness (QED) is 0.339. The lowest BCUT2D eigenvalue weighted by molar-refractivity contribution is 0.0258. The SMILES string of the molecule is CCNC(=NCCCS(C)(=O)=O)NCCC(OCC)C(C)C. The molecule has 0 saturated carbocycles. The monoisotopic (exact) mass is 335 g/mol. The molecule has 0 radical (unpaired) electrons. The molecule has 0 aliphatic carbocycles. The molecule has 6 nitrogen and oxygen atoms in total. The van der Waals surface area contributed by atoms with Crippen molar-refractivity contribution in [1.82, 2.24) is 10.6 Å². The lowest BCUT2D eigenvalue weighted by Crippen LogP contribution is -2.39. The van der Waals surface area contributed by atoms with Gasteiger partial charge in [-0.05, 0) is 32.6 Å². The Labute approximate surface area is 136 Å². The molecular formula is C15H33N3O3S. The van der Waals surface area contributed by atoms with Gasteiger partial charge in [-0.25, -0.2) is 8.42 Å². The molecular weight excluding hydrogens is 302 g/mol. The van der Waals surface area contributed by atoms with E-state index in [2.05, 4.69) is 29.5 Å². The summed E-state index contributed by atoms with van der Waals surface area (Å²) in [5, 5.41) is 6.44. The Hall–Kier alpha value is -0.820. The standard InChI is InChI=1S/C15H33N3O3S/c1-6-16-15(17-10-8-12-22(5,19)20)18-11-9-14(13(3)4)21-7-2/h13-14H,6-12H2,1-5H3,(H2,16,17,18). The summed E-state index contributed by atoms with van der Waals surface area (Å²) in [6.45, 7) is 11.1. The predicted molar refractivity (Wildman–Crippen MR) is 93.2 cm³/mol. The van der Waals surface area contributed by atoms with E-state index < -0.39 is 9.84 Å². The molecule has 0 aromatic heterocycles. The van der Waals surface area contributed by atoms with Gasteiger partial charge >= 0.3 is 0 Å². The molecule has 0 saturated heterocycles. The highest BCUT2D eigenvalue weighted by atomic mass is 32.2. The fourth-order valence-electron chi connectivity index (χ4n) is 2.02. The van der Waals surface area contributed by atoms with Crippen molar-refractivity contribution in [1.29, 1.82) is 0 Å². The fourth-order valence-corrected chi connectivity index (χ4v) is 2.67. The molecule has 1 unspecified atom stereocenters. The summed E-state index contributed by atoms with van der Waals surface area (Å²) in [5.41, 5.74) is 0. The Balaban J connectivity index is 4.22. The van der Waals surface area contributed by atoms with Crippen molar-refractivity contribution in [3.63, 3.8) is 0 Å². The summed E-state index contributed by atoms with van der Waals surface area (Å²) < 4.78 is 27.9. The van der Waals surface area contributed by atoms with Crippen LogP contribution in [0.4, 0.5) is 0 Å². The van der Waals surface area contributed by atoms with Crippen molar-refractivity contribution in [3.8, 4) is 0 Å². The highest BCUT2D eigenvalue weighted by Crippen LogP contribution is 2.09. The number of hydrogen-bond acceptors (Lipinski definition) is 4. The highest BCUT2D eigenvalue weighted by molar-refractivity contribution is 7.90. The summed E-state index contributed by atoms with van der Waals surface area (Å²) in [4.78, 5) is 4.39. The van der Waals surface area contributed by atoms with Gasteiger partial charge in [0.2, 0.25) is 0 Å². The highest BCUT2D eigenvalue weighted by Gasteiger charge is 2.12. The molecule has 7 heteroatoms. The molecule has 0 amide bonds. The number of nitrogens with zero attached hydrogens (tertiary/aromatic N) is 1. The summed E-state index contributed by atoms with van der Waals surface area (Å²) in [6.07, 6.45) is 2.95. The molecule has 0 rings (SSSR count). The van der Waals surface area contributed by atoms with Crippen molar-refractivity contribution in [2.45, 2.75) is 46.6 Å². The maximum absolute atomic E-state index is 11.1. The van der Waals surface area contributed by atoms with Crippen molar-refractivity contribution in [2.75, 3.05) is 38.2 Å². The molecule has 0 bridgehead atoms. The third kappa shape index (κ3) is 11.8. The topological polar surface area (TPSA) is 79.8 Å². The Morgan fingerprint density at radius 1 is 1.23 bits per heavy atom. The summed E-state index contributed by atoms with van der Waals surface area (Å²) in [7, 11) is -2.91. The van der Waals surface area contributed by atoms with Crippen LogP contribution in [-0.4, -0.2) is 58.7 Å². The average molecular weight is 336 g/mol. The van der Waals surface area contributed by atoms with Gasteiger partial charge in [0, 0.05) is 32.5 Å². The van der Waals surface area contributed by atoms with Gasteiger partial charge in [-0.1, -0.05) is 13.8 Å². The van der Waals surface area contributed by atoms with E-state index >= 15 is 0 Å². The maximum Gasteiger partial charge on any atom is 0.191 e. The second-order valence-electron chi connectivity index (χ2n) is 5.70. The van der Waals surface area contributed by atoms with E-state index in [1.165, 1.54) is 6.26 Å². The number of nitrogens with one attached hydrogen (secondary N) is 2. The zero-order valence-electron chi connectivity index (χ0n) is 14.7. The summed E-state index contributed by atoms with van der Waals surface area (Å²) >= 11 is 0. The van der Waals surface area contributed by atoms with Crippen LogP contribution in [0.5, 0.6) is 0 Å². The molecule has 2 N–H and O–H groups in total. The smallest absolute Gasteiger partial charge is 0.191 e. The van der Waals surface area contributed by atoms with Gasteiger partial charge in [0.25, 0.3) is 0 Å². The number of sulfone groups is 1. The normalized spacial score (nSPS) is 14.2. The van der Waals surface area contributed by atoms with Crippen molar-refractivity contribution in [3.05, 3.63) is 0 Å². The summed E-state index contributed by atoms with van der Waals surface area (Å²) in [6, 6.07) is 0. The minimum atomic E-state index is -2.91. The Morgan fingerprint density at radius 3 is 2.41 bits per heavy atom. The molecule has 0 fully saturated rings. The first-order valence-electron chi connectivity index (χ1n) is 8.11. The van der Waals surface area contributed by atoms with Crippen LogP contribution in [0.15, 0.2) is 4.99 Å². The van der Waals surface area contributed by atoms with Crippen LogP contribution in [0.25, 0.3) is 0 Å². The Bertz CT molecular complexity index is 408. The molecule has 132 valence electrons. The summed E-state index contributed by atoms with van der Waals surface area (Å²) in [5.74, 6) is 1.39. The lowest BCUT2D eigenvalue weighted by atomic mass is 10.0. The maximum atomic E-state index is 11.1. The van der Waals surface area contributed by atoms with Crippen LogP contribution in [-0.2, 0) is 14.6 Å². The molecule has 0 spiro atoms. The van der Waals surface area contributed by atoms with E-state index in [0.717, 1.165) is 32.1 Å². The third-order valence-electron chi connectivity index (χ3n) is 3.13. The second-order valence-corrected chi connectivity index (χ2v) is 7.96. The molecule has 22 heavy (non-hydrogen) atoms. The number of hydrogen-bond donors (Lipinski definition) is 2. The van der Waals surface area contributed by atoms with E-state index in [4.69, 9.17) is 4.74 Å². The Morgan fingerprint density at radius 2 is 1.91 bits per heavy atom. The lowest BCUT2D eigenvalue weighted by Gasteiger charge is -2.21. The predicted octanol–water partition coefficient (Wildman–Crippen LogP) is 1.43. The van der Waals surface area contributed by atoms with Crippen LogP contribution in [0.3, 0.4) is 0 Å².